The fourth-order valence-corrected chi connectivity index (χ4v) is 1.16. The minimum atomic E-state index is -0.0648. The van der Waals surface area contributed by atoms with Gasteiger partial charge in [-0.2, -0.15) is 0 Å². The summed E-state index contributed by atoms with van der Waals surface area (Å²) < 4.78 is 9.35. The summed E-state index contributed by atoms with van der Waals surface area (Å²) in [6.45, 7) is 1.83. The van der Waals surface area contributed by atoms with Gasteiger partial charge in [-0.15, -0.1) is 0 Å². The van der Waals surface area contributed by atoms with Crippen LogP contribution < -0.4 is 0 Å². The van der Waals surface area contributed by atoms with E-state index in [2.05, 4.69) is 9.47 Å². The van der Waals surface area contributed by atoms with Crippen molar-refractivity contribution in [2.45, 2.75) is 51.7 Å². The Morgan fingerprint density at radius 2 is 1.00 bits per heavy atom. The standard InChI is InChI=1S/C6H12.C4H10O2/c1-2-4-6-5-3-1;1-4(5-2)6-3/h1-6H2;4H,1-3H3. The third kappa shape index (κ3) is 8.02. The topological polar surface area (TPSA) is 18.5 Å². The first-order valence-corrected chi connectivity index (χ1v) is 4.87. The molecule has 0 spiro atoms. The van der Waals surface area contributed by atoms with Crippen molar-refractivity contribution in [1.29, 1.82) is 0 Å². The highest BCUT2D eigenvalue weighted by Gasteiger charge is 1.95. The van der Waals surface area contributed by atoms with E-state index in [9.17, 15) is 0 Å². The van der Waals surface area contributed by atoms with Crippen molar-refractivity contribution < 1.29 is 9.47 Å². The Balaban J connectivity index is 0.000000202. The van der Waals surface area contributed by atoms with Crippen LogP contribution in [0.1, 0.15) is 45.4 Å². The molecule has 0 amide bonds. The van der Waals surface area contributed by atoms with Crippen LogP contribution in [0.25, 0.3) is 0 Å². The maximum atomic E-state index is 4.68. The SMILES string of the molecule is C1CCCCC1.COC(C)OC. The Hall–Kier alpha value is -0.0800. The molecule has 0 saturated heterocycles. The quantitative estimate of drug-likeness (QED) is 0.599. The molecular weight excluding hydrogens is 152 g/mol. The van der Waals surface area contributed by atoms with E-state index < -0.39 is 0 Å². The maximum absolute atomic E-state index is 4.68. The van der Waals surface area contributed by atoms with E-state index >= 15 is 0 Å². The molecule has 0 aliphatic heterocycles. The van der Waals surface area contributed by atoms with Crippen LogP contribution in [-0.2, 0) is 9.47 Å². The van der Waals surface area contributed by atoms with Gasteiger partial charge in [0, 0.05) is 14.2 Å². The molecule has 1 fully saturated rings. The molecule has 0 N–H and O–H groups in total. The van der Waals surface area contributed by atoms with Gasteiger partial charge in [0.15, 0.2) is 6.29 Å². The van der Waals surface area contributed by atoms with Crippen LogP contribution in [0.3, 0.4) is 0 Å². The van der Waals surface area contributed by atoms with Crippen molar-refractivity contribution in [3.05, 3.63) is 0 Å². The molecule has 2 nitrogen and oxygen atoms in total. The number of rotatable bonds is 2. The Kier molecular flexibility index (Phi) is 8.95. The lowest BCUT2D eigenvalue weighted by Crippen LogP contribution is -2.05. The number of hydrogen-bond donors (Lipinski definition) is 0. The van der Waals surface area contributed by atoms with Gasteiger partial charge in [0.05, 0.1) is 0 Å². The highest BCUT2D eigenvalue weighted by molar-refractivity contribution is 4.51. The number of methoxy groups -OCH3 is 2. The summed E-state index contributed by atoms with van der Waals surface area (Å²) in [5.41, 5.74) is 0. The second-order valence-corrected chi connectivity index (χ2v) is 3.16. The molecule has 74 valence electrons. The van der Waals surface area contributed by atoms with Crippen LogP contribution in [-0.4, -0.2) is 20.5 Å². The van der Waals surface area contributed by atoms with Gasteiger partial charge in [-0.3, -0.25) is 0 Å². The lowest BCUT2D eigenvalue weighted by atomic mass is 10.0. The van der Waals surface area contributed by atoms with E-state index in [4.69, 9.17) is 0 Å². The molecule has 12 heavy (non-hydrogen) atoms. The first kappa shape index (κ1) is 11.9. The molecular formula is C10H22O2. The van der Waals surface area contributed by atoms with Crippen molar-refractivity contribution in [3.8, 4) is 0 Å². The zero-order valence-electron chi connectivity index (χ0n) is 8.64. The molecule has 0 bridgehead atoms. The van der Waals surface area contributed by atoms with E-state index in [1.807, 2.05) is 6.92 Å². The molecule has 0 heterocycles. The highest BCUT2D eigenvalue weighted by atomic mass is 16.7. The predicted molar refractivity (Wildman–Crippen MR) is 51.2 cm³/mol. The predicted octanol–water partition coefficient (Wildman–Crippen LogP) is 2.97. The van der Waals surface area contributed by atoms with Gasteiger partial charge in [0.1, 0.15) is 0 Å². The zero-order chi connectivity index (χ0) is 9.23. The monoisotopic (exact) mass is 174 g/mol. The van der Waals surface area contributed by atoms with Crippen molar-refractivity contribution in [2.24, 2.45) is 0 Å². The lowest BCUT2D eigenvalue weighted by molar-refractivity contribution is -0.0877. The first-order valence-electron chi connectivity index (χ1n) is 4.87. The largest absolute Gasteiger partial charge is 0.356 e. The van der Waals surface area contributed by atoms with Crippen molar-refractivity contribution in [2.75, 3.05) is 14.2 Å². The Morgan fingerprint density at radius 3 is 1.08 bits per heavy atom. The van der Waals surface area contributed by atoms with Gasteiger partial charge in [0.25, 0.3) is 0 Å². The Bertz CT molecular complexity index is 64.4. The summed E-state index contributed by atoms with van der Waals surface area (Å²) in [7, 11) is 3.21. The van der Waals surface area contributed by atoms with Crippen molar-refractivity contribution >= 4 is 0 Å². The molecule has 1 rings (SSSR count). The molecule has 0 atom stereocenters. The van der Waals surface area contributed by atoms with Gasteiger partial charge in [-0.1, -0.05) is 38.5 Å². The third-order valence-electron chi connectivity index (χ3n) is 2.16. The minimum Gasteiger partial charge on any atom is -0.356 e. The summed E-state index contributed by atoms with van der Waals surface area (Å²) in [5, 5.41) is 0. The van der Waals surface area contributed by atoms with Crippen LogP contribution >= 0.6 is 0 Å². The summed E-state index contributed by atoms with van der Waals surface area (Å²) >= 11 is 0. The molecule has 1 aliphatic carbocycles. The van der Waals surface area contributed by atoms with Gasteiger partial charge in [0.2, 0.25) is 0 Å². The molecule has 0 unspecified atom stereocenters. The van der Waals surface area contributed by atoms with Crippen LogP contribution in [0.2, 0.25) is 0 Å². The third-order valence-corrected chi connectivity index (χ3v) is 2.16. The first-order chi connectivity index (χ1) is 5.81. The van der Waals surface area contributed by atoms with Crippen molar-refractivity contribution in [1.82, 2.24) is 0 Å². The summed E-state index contributed by atoms with van der Waals surface area (Å²) in [5.74, 6) is 0. The van der Waals surface area contributed by atoms with Crippen LogP contribution in [0, 0.1) is 0 Å². The molecule has 1 saturated carbocycles. The molecule has 0 radical (unpaired) electrons. The Morgan fingerprint density at radius 1 is 0.750 bits per heavy atom. The van der Waals surface area contributed by atoms with E-state index in [0.717, 1.165) is 0 Å². The van der Waals surface area contributed by atoms with Crippen LogP contribution in [0.4, 0.5) is 0 Å². The van der Waals surface area contributed by atoms with E-state index in [1.54, 1.807) is 14.2 Å². The van der Waals surface area contributed by atoms with Crippen LogP contribution in [0.15, 0.2) is 0 Å². The highest BCUT2D eigenvalue weighted by Crippen LogP contribution is 2.15. The second kappa shape index (κ2) is 9.01. The van der Waals surface area contributed by atoms with E-state index in [0.29, 0.717) is 0 Å². The number of ether oxygens (including phenoxy) is 2. The fraction of sp³-hybridized carbons (Fsp3) is 1.00. The molecule has 0 aromatic heterocycles. The second-order valence-electron chi connectivity index (χ2n) is 3.16. The lowest BCUT2D eigenvalue weighted by Gasteiger charge is -2.05. The molecule has 0 aromatic rings. The Labute approximate surface area is 76.3 Å². The average molecular weight is 174 g/mol. The van der Waals surface area contributed by atoms with Gasteiger partial charge in [-0.05, 0) is 6.92 Å². The minimum absolute atomic E-state index is 0.0648. The van der Waals surface area contributed by atoms with Gasteiger partial charge < -0.3 is 9.47 Å². The average Bonchev–Trinajstić information content (AvgIpc) is 2.20. The van der Waals surface area contributed by atoms with E-state index in [1.165, 1.54) is 38.5 Å². The zero-order valence-corrected chi connectivity index (χ0v) is 8.64. The summed E-state index contributed by atoms with van der Waals surface area (Å²) in [6.07, 6.45) is 8.94. The smallest absolute Gasteiger partial charge is 0.154 e. The van der Waals surface area contributed by atoms with Crippen molar-refractivity contribution in [3.63, 3.8) is 0 Å². The maximum Gasteiger partial charge on any atom is 0.154 e. The summed E-state index contributed by atoms with van der Waals surface area (Å²) in [6, 6.07) is 0. The number of hydrogen-bond acceptors (Lipinski definition) is 2. The molecule has 0 aromatic carbocycles. The summed E-state index contributed by atoms with van der Waals surface area (Å²) in [4.78, 5) is 0. The molecule has 1 aliphatic rings. The molecule has 2 heteroatoms. The fourth-order valence-electron chi connectivity index (χ4n) is 1.16. The van der Waals surface area contributed by atoms with Gasteiger partial charge in [-0.25, -0.2) is 0 Å². The van der Waals surface area contributed by atoms with Crippen LogP contribution in [0.5, 0.6) is 0 Å². The van der Waals surface area contributed by atoms with Gasteiger partial charge >= 0.3 is 0 Å². The normalized spacial score (nSPS) is 17.0. The van der Waals surface area contributed by atoms with E-state index in [-0.39, 0.29) is 6.29 Å².